The highest BCUT2D eigenvalue weighted by molar-refractivity contribution is 6.08. The molecule has 2 aliphatic rings. The maximum absolute atomic E-state index is 12.7. The van der Waals surface area contributed by atoms with Gasteiger partial charge in [-0.3, -0.25) is 4.79 Å². The second-order valence-electron chi connectivity index (χ2n) is 6.26. The molecule has 124 valence electrons. The van der Waals surface area contributed by atoms with Crippen LogP contribution in [0.3, 0.4) is 0 Å². The minimum atomic E-state index is -1.18. The van der Waals surface area contributed by atoms with Crippen molar-refractivity contribution < 1.29 is 23.7 Å². The molecule has 0 saturated carbocycles. The zero-order chi connectivity index (χ0) is 16.7. The van der Waals surface area contributed by atoms with Crippen molar-refractivity contribution >= 4 is 11.4 Å². The van der Waals surface area contributed by atoms with Crippen LogP contribution in [0.15, 0.2) is 36.4 Å². The number of ketones is 1. The molecule has 5 heteroatoms. The van der Waals surface area contributed by atoms with Crippen LogP contribution < -0.4 is 0 Å². The minimum absolute atomic E-state index is 0.0993. The van der Waals surface area contributed by atoms with Crippen molar-refractivity contribution in [2.24, 2.45) is 0 Å². The first kappa shape index (κ1) is 16.3. The molecule has 1 heterocycles. The molecule has 2 unspecified atom stereocenters. The lowest BCUT2D eigenvalue weighted by Crippen LogP contribution is -2.67. The summed E-state index contributed by atoms with van der Waals surface area (Å²) in [7, 11) is 3.05. The van der Waals surface area contributed by atoms with Crippen molar-refractivity contribution in [1.82, 2.24) is 0 Å². The fourth-order valence-corrected chi connectivity index (χ4v) is 3.13. The van der Waals surface area contributed by atoms with Crippen molar-refractivity contribution in [3.8, 4) is 0 Å². The van der Waals surface area contributed by atoms with Gasteiger partial charge in [0.1, 0.15) is 0 Å². The Balaban J connectivity index is 1.89. The van der Waals surface area contributed by atoms with E-state index >= 15 is 0 Å². The lowest BCUT2D eigenvalue weighted by molar-refractivity contribution is -0.442. The van der Waals surface area contributed by atoms with E-state index in [1.807, 2.05) is 30.3 Å². The van der Waals surface area contributed by atoms with Gasteiger partial charge in [0.25, 0.3) is 0 Å². The Hall–Kier alpha value is -1.53. The quantitative estimate of drug-likeness (QED) is 0.857. The smallest absolute Gasteiger partial charge is 0.221 e. The van der Waals surface area contributed by atoms with Gasteiger partial charge in [-0.05, 0) is 31.1 Å². The van der Waals surface area contributed by atoms with Gasteiger partial charge in [-0.1, -0.05) is 30.3 Å². The topological polar surface area (TPSA) is 54.0 Å². The summed E-state index contributed by atoms with van der Waals surface area (Å²) in [6.07, 6.45) is 2.10. The highest BCUT2D eigenvalue weighted by Crippen LogP contribution is 2.46. The molecule has 1 aliphatic carbocycles. The standard InChI is InChI=1S/C18H22O5/c1-16(20-3)17(2,21-4)23-18(12-22-16)11-14(10-15(18)19)13-8-6-5-7-9-13/h5-10H,11-12H2,1-4H3/t16?,17?,18-/m0/s1. The zero-order valence-corrected chi connectivity index (χ0v) is 13.9. The molecule has 0 aromatic heterocycles. The first-order valence-electron chi connectivity index (χ1n) is 7.63. The van der Waals surface area contributed by atoms with Crippen molar-refractivity contribution in [2.45, 2.75) is 37.4 Å². The average molecular weight is 318 g/mol. The molecule has 1 fully saturated rings. The molecule has 5 nitrogen and oxygen atoms in total. The van der Waals surface area contributed by atoms with Gasteiger partial charge in [0.2, 0.25) is 11.6 Å². The summed E-state index contributed by atoms with van der Waals surface area (Å²) in [6.45, 7) is 3.60. The Labute approximate surface area is 136 Å². The van der Waals surface area contributed by atoms with Gasteiger partial charge < -0.3 is 18.9 Å². The predicted octanol–water partition coefficient (Wildman–Crippen LogP) is 2.55. The highest BCUT2D eigenvalue weighted by atomic mass is 16.8. The summed E-state index contributed by atoms with van der Waals surface area (Å²) >= 11 is 0. The summed E-state index contributed by atoms with van der Waals surface area (Å²) in [5.41, 5.74) is 0.896. The van der Waals surface area contributed by atoms with Crippen LogP contribution in [-0.4, -0.2) is 43.8 Å². The molecular formula is C18H22O5. The monoisotopic (exact) mass is 318 g/mol. The molecule has 3 rings (SSSR count). The third kappa shape index (κ3) is 2.44. The number of benzene rings is 1. The van der Waals surface area contributed by atoms with E-state index in [0.29, 0.717) is 6.42 Å². The number of carbonyl (C=O) groups is 1. The number of hydrogen-bond acceptors (Lipinski definition) is 5. The molecule has 0 N–H and O–H groups in total. The van der Waals surface area contributed by atoms with E-state index in [4.69, 9.17) is 18.9 Å². The summed E-state index contributed by atoms with van der Waals surface area (Å²) in [4.78, 5) is 12.7. The van der Waals surface area contributed by atoms with Crippen molar-refractivity contribution in [1.29, 1.82) is 0 Å². The van der Waals surface area contributed by atoms with Crippen LogP contribution in [0.1, 0.15) is 25.8 Å². The highest BCUT2D eigenvalue weighted by Gasteiger charge is 2.61. The van der Waals surface area contributed by atoms with Crippen molar-refractivity contribution in [3.63, 3.8) is 0 Å². The van der Waals surface area contributed by atoms with E-state index in [-0.39, 0.29) is 12.4 Å². The summed E-state index contributed by atoms with van der Waals surface area (Å²) < 4.78 is 23.0. The summed E-state index contributed by atoms with van der Waals surface area (Å²) in [6, 6.07) is 9.81. The van der Waals surface area contributed by atoms with Gasteiger partial charge in [-0.25, -0.2) is 0 Å². The van der Waals surface area contributed by atoms with Gasteiger partial charge in [0.05, 0.1) is 6.61 Å². The minimum Gasteiger partial charge on any atom is -0.349 e. The fraction of sp³-hybridized carbons (Fsp3) is 0.500. The molecule has 0 radical (unpaired) electrons. The van der Waals surface area contributed by atoms with Crippen LogP contribution in [-0.2, 0) is 23.7 Å². The Morgan fingerprint density at radius 3 is 2.30 bits per heavy atom. The average Bonchev–Trinajstić information content (AvgIpc) is 2.89. The van der Waals surface area contributed by atoms with Crippen LogP contribution in [0, 0.1) is 0 Å². The lowest BCUT2D eigenvalue weighted by atomic mass is 9.93. The number of methoxy groups -OCH3 is 2. The van der Waals surface area contributed by atoms with E-state index in [1.54, 1.807) is 19.9 Å². The molecule has 1 aromatic carbocycles. The SMILES string of the molecule is COC1(C)OC[C@]2(CC(c3ccccc3)=CC2=O)OC1(C)OC. The molecule has 3 atom stereocenters. The van der Waals surface area contributed by atoms with Gasteiger partial charge in [-0.2, -0.15) is 0 Å². The second kappa shape index (κ2) is 5.53. The number of rotatable bonds is 3. The van der Waals surface area contributed by atoms with Crippen LogP contribution >= 0.6 is 0 Å². The summed E-state index contributed by atoms with van der Waals surface area (Å²) in [5, 5.41) is 0. The molecule has 23 heavy (non-hydrogen) atoms. The molecule has 1 spiro atoms. The van der Waals surface area contributed by atoms with Crippen LogP contribution in [0.5, 0.6) is 0 Å². The summed E-state index contributed by atoms with van der Waals surface area (Å²) in [5.74, 6) is -2.36. The Morgan fingerprint density at radius 1 is 1.04 bits per heavy atom. The third-order valence-electron chi connectivity index (χ3n) is 4.95. The van der Waals surface area contributed by atoms with E-state index in [9.17, 15) is 4.79 Å². The molecule has 1 aromatic rings. The Bertz CT molecular complexity index is 640. The van der Waals surface area contributed by atoms with Crippen LogP contribution in [0.2, 0.25) is 0 Å². The third-order valence-corrected chi connectivity index (χ3v) is 4.95. The van der Waals surface area contributed by atoms with Gasteiger partial charge in [-0.15, -0.1) is 0 Å². The molecule has 0 amide bonds. The van der Waals surface area contributed by atoms with Gasteiger partial charge in [0, 0.05) is 20.6 Å². The van der Waals surface area contributed by atoms with Crippen molar-refractivity contribution in [2.75, 3.05) is 20.8 Å². The maximum atomic E-state index is 12.7. The molecule has 1 saturated heterocycles. The zero-order valence-electron chi connectivity index (χ0n) is 13.9. The normalized spacial score (nSPS) is 37.2. The van der Waals surface area contributed by atoms with E-state index in [2.05, 4.69) is 0 Å². The number of hydrogen-bond donors (Lipinski definition) is 0. The van der Waals surface area contributed by atoms with E-state index in [1.165, 1.54) is 14.2 Å². The Kier molecular flexibility index (Phi) is 3.92. The lowest BCUT2D eigenvalue weighted by Gasteiger charge is -2.52. The number of ether oxygens (including phenoxy) is 4. The molecular weight excluding hydrogens is 296 g/mol. The molecule has 1 aliphatic heterocycles. The van der Waals surface area contributed by atoms with Crippen LogP contribution in [0.25, 0.3) is 5.57 Å². The largest absolute Gasteiger partial charge is 0.349 e. The first-order valence-corrected chi connectivity index (χ1v) is 7.63. The molecule has 0 bridgehead atoms. The Morgan fingerprint density at radius 2 is 1.70 bits per heavy atom. The second-order valence-corrected chi connectivity index (χ2v) is 6.26. The first-order chi connectivity index (χ1) is 10.9. The maximum Gasteiger partial charge on any atom is 0.221 e. The van der Waals surface area contributed by atoms with Gasteiger partial charge in [0.15, 0.2) is 11.4 Å². The van der Waals surface area contributed by atoms with Crippen molar-refractivity contribution in [3.05, 3.63) is 42.0 Å². The van der Waals surface area contributed by atoms with Crippen LogP contribution in [0.4, 0.5) is 0 Å². The van der Waals surface area contributed by atoms with E-state index < -0.39 is 17.2 Å². The number of carbonyl (C=O) groups excluding carboxylic acids is 1. The fourth-order valence-electron chi connectivity index (χ4n) is 3.13. The van der Waals surface area contributed by atoms with Gasteiger partial charge >= 0.3 is 0 Å². The predicted molar refractivity (Wildman–Crippen MR) is 84.6 cm³/mol. The van der Waals surface area contributed by atoms with E-state index in [0.717, 1.165) is 11.1 Å².